The van der Waals surface area contributed by atoms with Gasteiger partial charge in [0.15, 0.2) is 5.16 Å². The predicted octanol–water partition coefficient (Wildman–Crippen LogP) is 3.60. The molecule has 0 saturated carbocycles. The predicted molar refractivity (Wildman–Crippen MR) is 142 cm³/mol. The number of carbonyl (C=O) groups excluding carboxylic acids is 1. The molecule has 0 aliphatic rings. The van der Waals surface area contributed by atoms with E-state index in [0.29, 0.717) is 24.1 Å². The van der Waals surface area contributed by atoms with Gasteiger partial charge in [0.05, 0.1) is 12.9 Å². The molecule has 1 aromatic carbocycles. The zero-order valence-corrected chi connectivity index (χ0v) is 21.4. The minimum absolute atomic E-state index is 0.141. The largest absolute Gasteiger partial charge is 0.497 e. The van der Waals surface area contributed by atoms with Crippen molar-refractivity contribution in [2.24, 2.45) is 4.99 Å². The van der Waals surface area contributed by atoms with Gasteiger partial charge < -0.3 is 9.72 Å². The maximum atomic E-state index is 12.7. The van der Waals surface area contributed by atoms with Crippen molar-refractivity contribution in [3.63, 3.8) is 0 Å². The number of ether oxygens (including phenoxy) is 1. The Balaban J connectivity index is 1.46. The number of aliphatic imine (C=N–C) groups is 1. The van der Waals surface area contributed by atoms with Crippen molar-refractivity contribution in [2.45, 2.75) is 32.3 Å². The normalized spacial score (nSPS) is 11.5. The molecule has 0 saturated heterocycles. The Morgan fingerprint density at radius 2 is 1.89 bits per heavy atom. The molecule has 3 N–H and O–H groups in total. The van der Waals surface area contributed by atoms with E-state index in [2.05, 4.69) is 40.5 Å². The van der Waals surface area contributed by atoms with Crippen LogP contribution >= 0.6 is 11.8 Å². The molecule has 0 fully saturated rings. The summed E-state index contributed by atoms with van der Waals surface area (Å²) in [4.78, 5) is 37.9. The molecule has 4 rings (SSSR count). The molecule has 0 aliphatic carbocycles. The third-order valence-electron chi connectivity index (χ3n) is 5.20. The summed E-state index contributed by atoms with van der Waals surface area (Å²) in [6.07, 6.45) is 4.32. The first kappa shape index (κ1) is 25.1. The van der Waals surface area contributed by atoms with Gasteiger partial charge in [-0.3, -0.25) is 20.4 Å². The Labute approximate surface area is 213 Å². The minimum atomic E-state index is -0.236. The summed E-state index contributed by atoms with van der Waals surface area (Å²) in [6.45, 7) is 6.11. The lowest BCUT2D eigenvalue weighted by molar-refractivity contribution is -0.117. The number of aryl methyl sites for hydroxylation is 3. The van der Waals surface area contributed by atoms with Crippen LogP contribution in [0.4, 0.5) is 5.95 Å². The van der Waals surface area contributed by atoms with Crippen LogP contribution in [0.1, 0.15) is 22.6 Å². The highest BCUT2D eigenvalue weighted by Crippen LogP contribution is 2.23. The highest BCUT2D eigenvalue weighted by Gasteiger charge is 2.11. The van der Waals surface area contributed by atoms with Gasteiger partial charge in [-0.2, -0.15) is 0 Å². The van der Waals surface area contributed by atoms with E-state index in [4.69, 9.17) is 4.74 Å². The van der Waals surface area contributed by atoms with Crippen LogP contribution < -0.4 is 15.4 Å². The van der Waals surface area contributed by atoms with E-state index in [9.17, 15) is 4.79 Å². The summed E-state index contributed by atoms with van der Waals surface area (Å²) >= 11 is 1.26. The third kappa shape index (κ3) is 6.79. The number of hydrogen-bond donors (Lipinski definition) is 3. The summed E-state index contributed by atoms with van der Waals surface area (Å²) in [6, 6.07) is 9.61. The molecule has 186 valence electrons. The summed E-state index contributed by atoms with van der Waals surface area (Å²) in [5, 5.41) is 7.56. The summed E-state index contributed by atoms with van der Waals surface area (Å²) in [5.41, 5.74) is 4.60. The van der Waals surface area contributed by atoms with Crippen LogP contribution in [0.25, 0.3) is 10.9 Å². The van der Waals surface area contributed by atoms with Gasteiger partial charge in [0, 0.05) is 53.0 Å². The number of amides is 1. The van der Waals surface area contributed by atoms with E-state index in [1.54, 1.807) is 13.3 Å². The number of carbonyl (C=O) groups is 1. The van der Waals surface area contributed by atoms with Gasteiger partial charge in [-0.25, -0.2) is 19.9 Å². The molecule has 0 unspecified atom stereocenters. The van der Waals surface area contributed by atoms with Crippen molar-refractivity contribution in [1.29, 1.82) is 0 Å². The number of H-pyrrole nitrogens is 1. The fraction of sp³-hybridized carbons (Fsp3) is 0.280. The molecule has 3 aromatic heterocycles. The molecule has 10 nitrogen and oxygen atoms in total. The highest BCUT2D eigenvalue weighted by atomic mass is 32.2. The van der Waals surface area contributed by atoms with E-state index >= 15 is 0 Å². The Bertz CT molecular complexity index is 1380. The molecule has 4 aromatic rings. The van der Waals surface area contributed by atoms with E-state index in [-0.39, 0.29) is 17.6 Å². The topological polar surface area (TPSA) is 130 Å². The number of rotatable bonds is 8. The van der Waals surface area contributed by atoms with Crippen LogP contribution in [0.2, 0.25) is 0 Å². The van der Waals surface area contributed by atoms with Crippen LogP contribution in [-0.4, -0.2) is 56.2 Å². The van der Waals surface area contributed by atoms with Crippen LogP contribution in [0.5, 0.6) is 5.75 Å². The number of nitrogens with zero attached hydrogens (tertiary/aromatic N) is 5. The second-order valence-electron chi connectivity index (χ2n) is 8.12. The number of aromatic amines is 1. The standard InChI is InChI=1S/C25H28N8O2S/c1-15-7-9-27-25(31-15)36-14-22(34)32-23(33-24-29-16(2)11-17(3)30-24)26-10-8-18-13-28-21-12-19(35-4)5-6-20(18)21/h5-7,9,11-13,28H,8,10,14H2,1-4H3,(H2,26,29,30,32,33,34). The first-order valence-corrected chi connectivity index (χ1v) is 12.4. The number of nitrogens with one attached hydrogen (secondary N) is 3. The van der Waals surface area contributed by atoms with Crippen molar-refractivity contribution in [1.82, 2.24) is 30.2 Å². The first-order valence-electron chi connectivity index (χ1n) is 11.4. The molecule has 0 atom stereocenters. The average Bonchev–Trinajstić information content (AvgIpc) is 3.24. The summed E-state index contributed by atoms with van der Waals surface area (Å²) in [5.74, 6) is 1.37. The number of fused-ring (bicyclic) bond motifs is 1. The van der Waals surface area contributed by atoms with E-state index in [1.807, 2.05) is 57.3 Å². The zero-order valence-electron chi connectivity index (χ0n) is 20.6. The smallest absolute Gasteiger partial charge is 0.237 e. The first-order chi connectivity index (χ1) is 17.4. The summed E-state index contributed by atoms with van der Waals surface area (Å²) < 4.78 is 5.30. The van der Waals surface area contributed by atoms with Crippen molar-refractivity contribution in [2.75, 3.05) is 24.7 Å². The fourth-order valence-corrected chi connectivity index (χ4v) is 4.26. The fourth-order valence-electron chi connectivity index (χ4n) is 3.58. The van der Waals surface area contributed by atoms with Crippen LogP contribution in [0.3, 0.4) is 0 Å². The van der Waals surface area contributed by atoms with Gasteiger partial charge >= 0.3 is 0 Å². The number of benzene rings is 1. The van der Waals surface area contributed by atoms with Gasteiger partial charge in [0.1, 0.15) is 5.75 Å². The number of hydrogen-bond acceptors (Lipinski definition) is 8. The van der Waals surface area contributed by atoms with Crippen molar-refractivity contribution < 1.29 is 9.53 Å². The maximum Gasteiger partial charge on any atom is 0.237 e. The minimum Gasteiger partial charge on any atom is -0.497 e. The second-order valence-corrected chi connectivity index (χ2v) is 9.07. The molecule has 0 spiro atoms. The van der Waals surface area contributed by atoms with Gasteiger partial charge in [-0.15, -0.1) is 0 Å². The molecule has 3 heterocycles. The Morgan fingerprint density at radius 3 is 2.64 bits per heavy atom. The van der Waals surface area contributed by atoms with Crippen molar-refractivity contribution >= 4 is 40.5 Å². The van der Waals surface area contributed by atoms with Crippen molar-refractivity contribution in [3.05, 3.63) is 65.4 Å². The average molecular weight is 505 g/mol. The van der Waals surface area contributed by atoms with Crippen LogP contribution in [-0.2, 0) is 11.2 Å². The summed E-state index contributed by atoms with van der Waals surface area (Å²) in [7, 11) is 1.65. The van der Waals surface area contributed by atoms with Gasteiger partial charge in [-0.05, 0) is 57.0 Å². The van der Waals surface area contributed by atoms with Gasteiger partial charge in [-0.1, -0.05) is 11.8 Å². The van der Waals surface area contributed by atoms with E-state index in [1.165, 1.54) is 11.8 Å². The lowest BCUT2D eigenvalue weighted by atomic mass is 10.1. The van der Waals surface area contributed by atoms with E-state index < -0.39 is 0 Å². The molecule has 0 bridgehead atoms. The highest BCUT2D eigenvalue weighted by molar-refractivity contribution is 7.99. The number of guanidine groups is 1. The molecule has 1 amide bonds. The number of aromatic nitrogens is 5. The SMILES string of the molecule is COc1ccc2c(CCN=C(NC(=O)CSc3nccc(C)n3)Nc3nc(C)cc(C)n3)c[nH]c2c1. The third-order valence-corrected chi connectivity index (χ3v) is 6.06. The maximum absolute atomic E-state index is 12.7. The van der Waals surface area contributed by atoms with Crippen LogP contribution in [0, 0.1) is 20.8 Å². The van der Waals surface area contributed by atoms with Crippen molar-refractivity contribution in [3.8, 4) is 5.75 Å². The Hall–Kier alpha value is -3.99. The molecular formula is C25H28N8O2S. The zero-order chi connectivity index (χ0) is 25.5. The van der Waals surface area contributed by atoms with E-state index in [0.717, 1.165) is 39.3 Å². The molecular weight excluding hydrogens is 476 g/mol. The van der Waals surface area contributed by atoms with Gasteiger partial charge in [0.2, 0.25) is 17.8 Å². The van der Waals surface area contributed by atoms with Gasteiger partial charge in [0.25, 0.3) is 0 Å². The second kappa shape index (κ2) is 11.6. The quantitative estimate of drug-likeness (QED) is 0.144. The monoisotopic (exact) mass is 504 g/mol. The molecule has 11 heteroatoms. The lowest BCUT2D eigenvalue weighted by Gasteiger charge is -2.11. The number of thioether (sulfide) groups is 1. The molecule has 36 heavy (non-hydrogen) atoms. The van der Waals surface area contributed by atoms with Crippen LogP contribution in [0.15, 0.2) is 52.9 Å². The lowest BCUT2D eigenvalue weighted by Crippen LogP contribution is -2.38. The number of anilines is 1. The number of methoxy groups -OCH3 is 1. The molecule has 0 radical (unpaired) electrons. The Kier molecular flexibility index (Phi) is 8.11. The molecule has 0 aliphatic heterocycles. The Morgan fingerprint density at radius 1 is 1.08 bits per heavy atom.